The zero-order valence-corrected chi connectivity index (χ0v) is 13.1. The average Bonchev–Trinajstić information content (AvgIpc) is 2.97. The number of hydrogen-bond donors (Lipinski definition) is 1. The molecule has 0 aliphatic carbocycles. The minimum absolute atomic E-state index is 0.211. The Kier molecular flexibility index (Phi) is 6.27. The second kappa shape index (κ2) is 8.43. The van der Waals surface area contributed by atoms with E-state index in [1.165, 1.54) is 23.9 Å². The lowest BCUT2D eigenvalue weighted by Gasteiger charge is -2.05. The molecule has 1 heterocycles. The number of thioether (sulfide) groups is 1. The molecule has 2 aromatic rings. The van der Waals surface area contributed by atoms with Crippen molar-refractivity contribution in [3.05, 3.63) is 35.7 Å². The van der Waals surface area contributed by atoms with Crippen LogP contribution in [0.1, 0.15) is 36.0 Å². The van der Waals surface area contributed by atoms with Crippen LogP contribution in [0.25, 0.3) is 0 Å². The fraction of sp³-hybridized carbons (Fsp3) is 0.400. The van der Waals surface area contributed by atoms with Gasteiger partial charge in [0.15, 0.2) is 0 Å². The Morgan fingerprint density at radius 3 is 3.05 bits per heavy atom. The van der Waals surface area contributed by atoms with Crippen molar-refractivity contribution in [3.63, 3.8) is 0 Å². The number of rotatable bonds is 9. The summed E-state index contributed by atoms with van der Waals surface area (Å²) in [5.74, 6) is 0.881. The molecule has 0 bridgehead atoms. The molecule has 0 spiro atoms. The molecule has 1 aromatic heterocycles. The summed E-state index contributed by atoms with van der Waals surface area (Å²) in [5, 5.41) is 17.4. The zero-order chi connectivity index (χ0) is 15.8. The van der Waals surface area contributed by atoms with Crippen LogP contribution in [0.4, 0.5) is 0 Å². The van der Waals surface area contributed by atoms with Gasteiger partial charge in [-0.05, 0) is 24.6 Å². The highest BCUT2D eigenvalue weighted by Gasteiger charge is 2.07. The number of unbranched alkanes of at least 4 members (excludes halogenated alkanes) is 1. The number of aromatic carboxylic acids is 1. The van der Waals surface area contributed by atoms with Crippen molar-refractivity contribution in [2.45, 2.75) is 31.4 Å². The highest BCUT2D eigenvalue weighted by atomic mass is 32.2. The van der Waals surface area contributed by atoms with Crippen molar-refractivity contribution in [1.29, 1.82) is 0 Å². The number of carboxylic acid groups (broad SMARTS) is 1. The van der Waals surface area contributed by atoms with Gasteiger partial charge in [0.05, 0.1) is 12.2 Å². The molecule has 0 fully saturated rings. The van der Waals surface area contributed by atoms with E-state index in [1.54, 1.807) is 12.1 Å². The van der Waals surface area contributed by atoms with Gasteiger partial charge in [0, 0.05) is 12.2 Å². The smallest absolute Gasteiger partial charge is 0.335 e. The maximum atomic E-state index is 10.9. The van der Waals surface area contributed by atoms with Gasteiger partial charge in [-0.1, -0.05) is 31.2 Å². The molecule has 0 amide bonds. The molecular weight excluding hydrogens is 304 g/mol. The topological polar surface area (TPSA) is 85.5 Å². The Hall–Kier alpha value is -2.02. The first kappa shape index (κ1) is 16.4. The van der Waals surface area contributed by atoms with E-state index in [0.717, 1.165) is 19.3 Å². The standard InChI is InChI=1S/C15H18N2O4S/c1-2-3-7-13-16-17-15(21-13)22-9-8-20-12-6-4-5-11(10-12)14(18)19/h4-6,10H,2-3,7-9H2,1H3,(H,18,19). The van der Waals surface area contributed by atoms with Crippen LogP contribution in [0.15, 0.2) is 33.9 Å². The lowest BCUT2D eigenvalue weighted by atomic mass is 10.2. The lowest BCUT2D eigenvalue weighted by Crippen LogP contribution is -2.02. The molecule has 0 saturated heterocycles. The molecule has 1 aromatic carbocycles. The normalized spacial score (nSPS) is 10.6. The maximum Gasteiger partial charge on any atom is 0.335 e. The first-order valence-corrected chi connectivity index (χ1v) is 8.09. The van der Waals surface area contributed by atoms with Crippen LogP contribution in [0.3, 0.4) is 0 Å². The van der Waals surface area contributed by atoms with Crippen molar-refractivity contribution in [2.24, 2.45) is 0 Å². The van der Waals surface area contributed by atoms with E-state index in [-0.39, 0.29) is 5.56 Å². The number of benzene rings is 1. The van der Waals surface area contributed by atoms with Gasteiger partial charge in [-0.3, -0.25) is 0 Å². The minimum Gasteiger partial charge on any atom is -0.493 e. The van der Waals surface area contributed by atoms with Gasteiger partial charge < -0.3 is 14.3 Å². The van der Waals surface area contributed by atoms with Crippen LogP contribution < -0.4 is 4.74 Å². The summed E-state index contributed by atoms with van der Waals surface area (Å²) in [4.78, 5) is 10.9. The van der Waals surface area contributed by atoms with Gasteiger partial charge in [-0.2, -0.15) is 0 Å². The summed E-state index contributed by atoms with van der Waals surface area (Å²) in [7, 11) is 0. The number of aromatic nitrogens is 2. The minimum atomic E-state index is -0.967. The lowest BCUT2D eigenvalue weighted by molar-refractivity contribution is 0.0696. The predicted molar refractivity (Wildman–Crippen MR) is 82.5 cm³/mol. The number of nitrogens with zero attached hydrogens (tertiary/aromatic N) is 2. The average molecular weight is 322 g/mol. The molecule has 2 rings (SSSR count). The largest absolute Gasteiger partial charge is 0.493 e. The molecule has 118 valence electrons. The summed E-state index contributed by atoms with van der Waals surface area (Å²) < 4.78 is 11.0. The molecule has 1 N–H and O–H groups in total. The Labute approximate surface area is 132 Å². The van der Waals surface area contributed by atoms with Crippen molar-refractivity contribution < 1.29 is 19.1 Å². The highest BCUT2D eigenvalue weighted by molar-refractivity contribution is 7.99. The fourth-order valence-corrected chi connectivity index (χ4v) is 2.33. The maximum absolute atomic E-state index is 10.9. The molecule has 0 radical (unpaired) electrons. The summed E-state index contributed by atoms with van der Waals surface area (Å²) in [6, 6.07) is 6.42. The Bertz CT molecular complexity index is 615. The van der Waals surface area contributed by atoms with Crippen LogP contribution in [0, 0.1) is 0 Å². The first-order chi connectivity index (χ1) is 10.7. The zero-order valence-electron chi connectivity index (χ0n) is 12.3. The number of ether oxygens (including phenoxy) is 1. The number of hydrogen-bond acceptors (Lipinski definition) is 6. The molecule has 0 saturated carbocycles. The number of carbonyl (C=O) groups is 1. The molecule has 7 heteroatoms. The fourth-order valence-electron chi connectivity index (χ4n) is 1.73. The van der Waals surface area contributed by atoms with E-state index in [2.05, 4.69) is 17.1 Å². The van der Waals surface area contributed by atoms with Gasteiger partial charge in [0.25, 0.3) is 5.22 Å². The third-order valence-electron chi connectivity index (χ3n) is 2.85. The van der Waals surface area contributed by atoms with E-state index in [0.29, 0.717) is 29.2 Å². The van der Waals surface area contributed by atoms with E-state index in [9.17, 15) is 4.79 Å². The molecule has 0 aliphatic heterocycles. The number of aryl methyl sites for hydroxylation is 1. The molecule has 6 nitrogen and oxygen atoms in total. The third kappa shape index (κ3) is 5.07. The Morgan fingerprint density at radius 2 is 2.27 bits per heavy atom. The van der Waals surface area contributed by atoms with Crippen molar-refractivity contribution in [2.75, 3.05) is 12.4 Å². The third-order valence-corrected chi connectivity index (χ3v) is 3.63. The van der Waals surface area contributed by atoms with Gasteiger partial charge in [0.2, 0.25) is 5.89 Å². The van der Waals surface area contributed by atoms with Crippen LogP contribution in [0.5, 0.6) is 5.75 Å². The summed E-state index contributed by atoms with van der Waals surface area (Å²) >= 11 is 1.42. The molecule has 0 unspecified atom stereocenters. The van der Waals surface area contributed by atoms with Crippen LogP contribution in [0.2, 0.25) is 0 Å². The second-order valence-corrected chi connectivity index (χ2v) is 5.64. The first-order valence-electron chi connectivity index (χ1n) is 7.10. The van der Waals surface area contributed by atoms with E-state index >= 15 is 0 Å². The van der Waals surface area contributed by atoms with Gasteiger partial charge >= 0.3 is 5.97 Å². The van der Waals surface area contributed by atoms with E-state index in [1.807, 2.05) is 0 Å². The molecule has 0 aliphatic rings. The van der Waals surface area contributed by atoms with Crippen LogP contribution in [-0.2, 0) is 6.42 Å². The van der Waals surface area contributed by atoms with Crippen molar-refractivity contribution in [1.82, 2.24) is 10.2 Å². The van der Waals surface area contributed by atoms with E-state index in [4.69, 9.17) is 14.3 Å². The summed E-state index contributed by atoms with van der Waals surface area (Å²) in [6.45, 7) is 2.54. The molecular formula is C15H18N2O4S. The van der Waals surface area contributed by atoms with Gasteiger partial charge in [0.1, 0.15) is 5.75 Å². The molecule has 0 atom stereocenters. The monoisotopic (exact) mass is 322 g/mol. The van der Waals surface area contributed by atoms with Crippen LogP contribution in [-0.4, -0.2) is 33.6 Å². The Morgan fingerprint density at radius 1 is 1.41 bits per heavy atom. The quantitative estimate of drug-likeness (QED) is 0.560. The highest BCUT2D eigenvalue weighted by Crippen LogP contribution is 2.18. The number of carboxylic acids is 1. The van der Waals surface area contributed by atoms with Gasteiger partial charge in [-0.15, -0.1) is 10.2 Å². The summed E-state index contributed by atoms with van der Waals surface area (Å²) in [5.41, 5.74) is 0.211. The van der Waals surface area contributed by atoms with Crippen molar-refractivity contribution >= 4 is 17.7 Å². The van der Waals surface area contributed by atoms with Crippen LogP contribution >= 0.6 is 11.8 Å². The molecule has 22 heavy (non-hydrogen) atoms. The predicted octanol–water partition coefficient (Wildman–Crippen LogP) is 3.28. The van der Waals surface area contributed by atoms with E-state index < -0.39 is 5.97 Å². The van der Waals surface area contributed by atoms with Crippen molar-refractivity contribution in [3.8, 4) is 5.75 Å². The SMILES string of the molecule is CCCCc1nnc(SCCOc2cccc(C(=O)O)c2)o1. The second-order valence-electron chi connectivity index (χ2n) is 4.60. The van der Waals surface area contributed by atoms with Gasteiger partial charge in [-0.25, -0.2) is 4.79 Å². The summed E-state index contributed by atoms with van der Waals surface area (Å²) in [6.07, 6.45) is 2.94. The Balaban J connectivity index is 1.74.